The first-order valence-corrected chi connectivity index (χ1v) is 20.4. The maximum atomic E-state index is 5.24. The molecule has 0 amide bonds. The SMILES string of the molecule is CC1(C)c2ccccc2C2(c3ccccc3-n3c4ccccc4c4cccc2c43)c2ccc(-c3nc(-c4ccccc4)nc(-c4ccc(-c5ccccc5)cc4)n3)cc21. The molecule has 0 fully saturated rings. The first-order chi connectivity index (χ1) is 29.0. The van der Waals surface area contributed by atoms with Gasteiger partial charge in [0.15, 0.2) is 17.5 Å². The average molecular weight is 755 g/mol. The second-order valence-corrected chi connectivity index (χ2v) is 16.4. The number of benzene rings is 8. The Morgan fingerprint density at radius 2 is 0.847 bits per heavy atom. The Bertz CT molecular complexity index is 3290. The molecule has 1 aliphatic heterocycles. The van der Waals surface area contributed by atoms with Crippen LogP contribution in [-0.2, 0) is 10.8 Å². The molecule has 4 nitrogen and oxygen atoms in total. The van der Waals surface area contributed by atoms with Crippen molar-refractivity contribution < 1.29 is 0 Å². The lowest BCUT2D eigenvalue weighted by molar-refractivity contribution is 0.556. The Kier molecular flexibility index (Phi) is 7.16. The minimum atomic E-state index is -0.569. The Morgan fingerprint density at radius 1 is 0.356 bits per heavy atom. The Balaban J connectivity index is 1.11. The molecular weight excluding hydrogens is 717 g/mol. The number of para-hydroxylation sites is 3. The number of fused-ring (bicyclic) bond motifs is 11. The molecule has 2 aliphatic rings. The lowest BCUT2D eigenvalue weighted by Gasteiger charge is -2.50. The molecule has 2 aromatic heterocycles. The summed E-state index contributed by atoms with van der Waals surface area (Å²) in [5.41, 5.74) is 15.8. The second-order valence-electron chi connectivity index (χ2n) is 16.4. The summed E-state index contributed by atoms with van der Waals surface area (Å²) >= 11 is 0. The van der Waals surface area contributed by atoms with Crippen molar-refractivity contribution in [3.05, 3.63) is 228 Å². The predicted octanol–water partition coefficient (Wildman–Crippen LogP) is 13.0. The lowest BCUT2D eigenvalue weighted by atomic mass is 9.53. The van der Waals surface area contributed by atoms with E-state index in [0.717, 1.165) is 22.3 Å². The summed E-state index contributed by atoms with van der Waals surface area (Å²) in [5, 5.41) is 2.54. The molecule has 12 rings (SSSR count). The van der Waals surface area contributed by atoms with E-state index in [4.69, 9.17) is 15.0 Å². The van der Waals surface area contributed by atoms with E-state index in [9.17, 15) is 0 Å². The summed E-state index contributed by atoms with van der Waals surface area (Å²) in [5.74, 6) is 1.95. The third kappa shape index (κ3) is 4.74. The van der Waals surface area contributed by atoms with E-state index in [0.29, 0.717) is 17.5 Å². The molecule has 10 aromatic rings. The Labute approximate surface area is 343 Å². The molecule has 1 unspecified atom stereocenters. The van der Waals surface area contributed by atoms with Crippen molar-refractivity contribution in [2.75, 3.05) is 0 Å². The quantitative estimate of drug-likeness (QED) is 0.180. The van der Waals surface area contributed by atoms with Gasteiger partial charge in [-0.05, 0) is 62.7 Å². The summed E-state index contributed by atoms with van der Waals surface area (Å²) in [6.07, 6.45) is 0. The van der Waals surface area contributed by atoms with Gasteiger partial charge in [-0.25, -0.2) is 15.0 Å². The summed E-state index contributed by atoms with van der Waals surface area (Å²) in [6.45, 7) is 4.74. The molecule has 8 aromatic carbocycles. The van der Waals surface area contributed by atoms with E-state index >= 15 is 0 Å². The fourth-order valence-electron chi connectivity index (χ4n) is 10.2. The highest BCUT2D eigenvalue weighted by molar-refractivity contribution is 6.12. The zero-order valence-electron chi connectivity index (χ0n) is 32.8. The van der Waals surface area contributed by atoms with E-state index < -0.39 is 5.41 Å². The summed E-state index contributed by atoms with van der Waals surface area (Å²) in [6, 6.07) is 70.1. The topological polar surface area (TPSA) is 43.6 Å². The normalized spacial score (nSPS) is 15.8. The molecule has 278 valence electrons. The summed E-state index contributed by atoms with van der Waals surface area (Å²) in [7, 11) is 0. The van der Waals surface area contributed by atoms with E-state index in [2.05, 4.69) is 188 Å². The van der Waals surface area contributed by atoms with Crippen molar-refractivity contribution in [2.45, 2.75) is 24.7 Å². The Morgan fingerprint density at radius 3 is 1.59 bits per heavy atom. The minimum absolute atomic E-state index is 0.328. The average Bonchev–Trinajstić information content (AvgIpc) is 3.65. The minimum Gasteiger partial charge on any atom is -0.309 e. The highest BCUT2D eigenvalue weighted by atomic mass is 15.0. The van der Waals surface area contributed by atoms with Crippen molar-refractivity contribution >= 4 is 21.8 Å². The van der Waals surface area contributed by atoms with Crippen molar-refractivity contribution in [3.63, 3.8) is 0 Å². The van der Waals surface area contributed by atoms with Gasteiger partial charge < -0.3 is 4.57 Å². The maximum Gasteiger partial charge on any atom is 0.164 e. The highest BCUT2D eigenvalue weighted by Crippen LogP contribution is 2.60. The van der Waals surface area contributed by atoms with Crippen LogP contribution in [0.1, 0.15) is 47.2 Å². The van der Waals surface area contributed by atoms with Crippen LogP contribution in [0.3, 0.4) is 0 Å². The van der Waals surface area contributed by atoms with E-state index in [-0.39, 0.29) is 5.41 Å². The summed E-state index contributed by atoms with van der Waals surface area (Å²) < 4.78 is 2.50. The monoisotopic (exact) mass is 754 g/mol. The zero-order valence-corrected chi connectivity index (χ0v) is 32.8. The fourth-order valence-corrected chi connectivity index (χ4v) is 10.2. The van der Waals surface area contributed by atoms with Crippen LogP contribution in [0.2, 0.25) is 0 Å². The van der Waals surface area contributed by atoms with Crippen LogP contribution in [0.15, 0.2) is 194 Å². The van der Waals surface area contributed by atoms with Crippen molar-refractivity contribution in [1.82, 2.24) is 19.5 Å². The van der Waals surface area contributed by atoms with Crippen LogP contribution in [0, 0.1) is 0 Å². The third-order valence-electron chi connectivity index (χ3n) is 12.9. The molecular formula is C55H38N4. The lowest BCUT2D eigenvalue weighted by Crippen LogP contribution is -2.44. The van der Waals surface area contributed by atoms with Gasteiger partial charge >= 0.3 is 0 Å². The molecule has 0 N–H and O–H groups in total. The van der Waals surface area contributed by atoms with Crippen LogP contribution in [-0.4, -0.2) is 19.5 Å². The van der Waals surface area contributed by atoms with Crippen molar-refractivity contribution in [2.24, 2.45) is 0 Å². The van der Waals surface area contributed by atoms with Crippen molar-refractivity contribution in [3.8, 4) is 51.0 Å². The number of hydrogen-bond acceptors (Lipinski definition) is 3. The van der Waals surface area contributed by atoms with Crippen LogP contribution < -0.4 is 0 Å². The van der Waals surface area contributed by atoms with Gasteiger partial charge in [-0.15, -0.1) is 0 Å². The molecule has 1 spiro atoms. The molecule has 0 saturated carbocycles. The van der Waals surface area contributed by atoms with E-state index in [1.54, 1.807) is 0 Å². The summed E-state index contributed by atoms with van der Waals surface area (Å²) in [4.78, 5) is 15.5. The zero-order chi connectivity index (χ0) is 39.3. The molecule has 0 saturated heterocycles. The van der Waals surface area contributed by atoms with Crippen LogP contribution in [0.4, 0.5) is 0 Å². The second kappa shape index (κ2) is 12.5. The number of rotatable bonds is 4. The smallest absolute Gasteiger partial charge is 0.164 e. The molecule has 0 bridgehead atoms. The number of hydrogen-bond donors (Lipinski definition) is 0. The van der Waals surface area contributed by atoms with Gasteiger partial charge in [0, 0.05) is 32.9 Å². The van der Waals surface area contributed by atoms with Gasteiger partial charge in [0.25, 0.3) is 0 Å². The van der Waals surface area contributed by atoms with Gasteiger partial charge in [-0.1, -0.05) is 190 Å². The first kappa shape index (κ1) is 33.7. The largest absolute Gasteiger partial charge is 0.309 e. The molecule has 4 heteroatoms. The number of aromatic nitrogens is 4. The standard InChI is InChI=1S/C55H38N4/c1-54(2)42-22-10-11-23-43(42)55(45-24-12-14-27-49(45)59-48-26-13-9-20-40(48)41-21-15-25-46(55)50(41)59)44-33-32-39(34-47(44)54)53-57-51(37-18-7-4-8-19-37)56-52(58-53)38-30-28-36(29-31-38)35-16-5-3-6-17-35/h3-34H,1-2H3. The number of nitrogens with zero attached hydrogens (tertiary/aromatic N) is 4. The highest BCUT2D eigenvalue weighted by Gasteiger charge is 2.52. The molecule has 1 atom stereocenters. The fraction of sp³-hybridized carbons (Fsp3) is 0.0727. The van der Waals surface area contributed by atoms with Gasteiger partial charge in [-0.2, -0.15) is 0 Å². The van der Waals surface area contributed by atoms with Crippen LogP contribution >= 0.6 is 0 Å². The van der Waals surface area contributed by atoms with Gasteiger partial charge in [0.1, 0.15) is 0 Å². The molecule has 3 heterocycles. The van der Waals surface area contributed by atoms with Gasteiger partial charge in [0.05, 0.1) is 22.1 Å². The van der Waals surface area contributed by atoms with Gasteiger partial charge in [0.2, 0.25) is 0 Å². The third-order valence-corrected chi connectivity index (χ3v) is 12.9. The Hall–Kier alpha value is -7.43. The molecule has 0 radical (unpaired) electrons. The molecule has 59 heavy (non-hydrogen) atoms. The van der Waals surface area contributed by atoms with Crippen molar-refractivity contribution in [1.29, 1.82) is 0 Å². The van der Waals surface area contributed by atoms with Crippen LogP contribution in [0.5, 0.6) is 0 Å². The van der Waals surface area contributed by atoms with E-state index in [1.807, 2.05) is 24.3 Å². The first-order valence-electron chi connectivity index (χ1n) is 20.4. The van der Waals surface area contributed by atoms with Crippen LogP contribution in [0.25, 0.3) is 72.8 Å². The molecule has 1 aliphatic carbocycles. The van der Waals surface area contributed by atoms with E-state index in [1.165, 1.54) is 66.4 Å². The predicted molar refractivity (Wildman–Crippen MR) is 240 cm³/mol. The maximum absolute atomic E-state index is 5.24. The van der Waals surface area contributed by atoms with Gasteiger partial charge in [-0.3, -0.25) is 0 Å².